The molecule has 4 rings (SSSR count). The molecule has 26 heavy (non-hydrogen) atoms. The minimum atomic E-state index is -0.449. The van der Waals surface area contributed by atoms with Crippen LogP contribution in [0.5, 0.6) is 0 Å². The summed E-state index contributed by atoms with van der Waals surface area (Å²) in [4.78, 5) is 34.6. The predicted molar refractivity (Wildman–Crippen MR) is 102 cm³/mol. The smallest absolute Gasteiger partial charge is 0.258 e. The molecule has 1 saturated heterocycles. The van der Waals surface area contributed by atoms with Gasteiger partial charge in [-0.15, -0.1) is 0 Å². The number of benzene rings is 1. The third-order valence-corrected chi connectivity index (χ3v) is 5.49. The van der Waals surface area contributed by atoms with E-state index in [9.17, 15) is 9.59 Å². The van der Waals surface area contributed by atoms with Gasteiger partial charge in [-0.3, -0.25) is 14.6 Å². The van der Waals surface area contributed by atoms with Crippen molar-refractivity contribution in [3.05, 3.63) is 49.7 Å². The van der Waals surface area contributed by atoms with E-state index in [2.05, 4.69) is 20.2 Å². The van der Waals surface area contributed by atoms with Crippen LogP contribution in [0.15, 0.2) is 23.0 Å². The average molecular weight is 393 g/mol. The molecule has 0 saturated carbocycles. The number of anilines is 2. The topological polar surface area (TPSA) is 78.1 Å². The summed E-state index contributed by atoms with van der Waals surface area (Å²) >= 11 is 12.3. The summed E-state index contributed by atoms with van der Waals surface area (Å²) in [5.41, 5.74) is 0.895. The molecule has 2 N–H and O–H groups in total. The highest BCUT2D eigenvalue weighted by Crippen LogP contribution is 2.38. The highest BCUT2D eigenvalue weighted by Gasteiger charge is 2.32. The van der Waals surface area contributed by atoms with Crippen LogP contribution in [0.1, 0.15) is 42.7 Å². The molecule has 8 heteroatoms. The molecule has 2 aliphatic heterocycles. The van der Waals surface area contributed by atoms with Gasteiger partial charge in [0.05, 0.1) is 5.56 Å². The number of aromatic nitrogens is 2. The number of aromatic amines is 1. The molecule has 0 spiro atoms. The molecule has 6 nitrogen and oxygen atoms in total. The van der Waals surface area contributed by atoms with Gasteiger partial charge in [0.25, 0.3) is 5.56 Å². The van der Waals surface area contributed by atoms with Gasteiger partial charge in [0.15, 0.2) is 0 Å². The Kier molecular flexibility index (Phi) is 4.63. The maximum Gasteiger partial charge on any atom is 0.258 e. The normalized spacial score (nSPS) is 19.8. The Morgan fingerprint density at radius 1 is 1.12 bits per heavy atom. The lowest BCUT2D eigenvalue weighted by molar-refractivity contribution is -0.116. The number of rotatable bonds is 2. The minimum Gasteiger partial charge on any atom is -0.342 e. The first-order chi connectivity index (χ1) is 12.5. The lowest BCUT2D eigenvalue weighted by Crippen LogP contribution is -2.36. The number of carbonyl (C=O) groups excluding carboxylic acids is 1. The van der Waals surface area contributed by atoms with Gasteiger partial charge in [0.1, 0.15) is 5.82 Å². The molecule has 1 atom stereocenters. The molecule has 0 bridgehead atoms. The lowest BCUT2D eigenvalue weighted by Gasteiger charge is -2.30. The number of amides is 1. The Balaban J connectivity index is 1.80. The fourth-order valence-corrected chi connectivity index (χ4v) is 4.20. The number of nitrogens with zero attached hydrogens (tertiary/aromatic N) is 2. The van der Waals surface area contributed by atoms with Crippen molar-refractivity contribution < 1.29 is 4.79 Å². The number of hydrogen-bond donors (Lipinski definition) is 2. The monoisotopic (exact) mass is 392 g/mol. The van der Waals surface area contributed by atoms with Gasteiger partial charge in [-0.2, -0.15) is 4.98 Å². The van der Waals surface area contributed by atoms with Crippen molar-refractivity contribution in [2.45, 2.75) is 31.6 Å². The molecular formula is C18H18Cl2N4O2. The Morgan fingerprint density at radius 2 is 1.88 bits per heavy atom. The first-order valence-corrected chi connectivity index (χ1v) is 9.42. The largest absolute Gasteiger partial charge is 0.342 e. The van der Waals surface area contributed by atoms with Crippen LogP contribution in [-0.4, -0.2) is 29.0 Å². The van der Waals surface area contributed by atoms with Crippen LogP contribution in [0, 0.1) is 0 Å². The molecule has 1 unspecified atom stereocenters. The molecule has 1 aromatic carbocycles. The summed E-state index contributed by atoms with van der Waals surface area (Å²) in [6.45, 7) is 1.70. The van der Waals surface area contributed by atoms with E-state index in [0.29, 0.717) is 32.9 Å². The van der Waals surface area contributed by atoms with Gasteiger partial charge >= 0.3 is 0 Å². The van der Waals surface area contributed by atoms with Crippen molar-refractivity contribution in [3.63, 3.8) is 0 Å². The van der Waals surface area contributed by atoms with Crippen LogP contribution < -0.4 is 15.8 Å². The number of hydrogen-bond acceptors (Lipinski definition) is 4. The molecule has 2 aromatic rings. The fraction of sp³-hybridized carbons (Fsp3) is 0.389. The average Bonchev–Trinajstić information content (AvgIpc) is 2.61. The van der Waals surface area contributed by atoms with Crippen LogP contribution in [0.3, 0.4) is 0 Å². The Bertz CT molecular complexity index is 922. The van der Waals surface area contributed by atoms with Gasteiger partial charge in [-0.05, 0) is 37.0 Å². The SMILES string of the molecule is O=C1CC(c2ccc(Cl)cc2Cl)c2c(nc(N3CCCCC3)[nH]c2=O)N1. The Hall–Kier alpha value is -2.05. The van der Waals surface area contributed by atoms with Gasteiger partial charge in [0.2, 0.25) is 11.9 Å². The summed E-state index contributed by atoms with van der Waals surface area (Å²) < 4.78 is 0. The highest BCUT2D eigenvalue weighted by atomic mass is 35.5. The minimum absolute atomic E-state index is 0.141. The summed E-state index contributed by atoms with van der Waals surface area (Å²) in [5.74, 6) is 0.199. The summed E-state index contributed by atoms with van der Waals surface area (Å²) in [6, 6.07) is 5.09. The van der Waals surface area contributed by atoms with E-state index in [4.69, 9.17) is 23.2 Å². The second-order valence-electron chi connectivity index (χ2n) is 6.67. The zero-order chi connectivity index (χ0) is 18.3. The zero-order valence-electron chi connectivity index (χ0n) is 14.0. The van der Waals surface area contributed by atoms with Crippen molar-refractivity contribution in [2.75, 3.05) is 23.3 Å². The van der Waals surface area contributed by atoms with Crippen molar-refractivity contribution in [1.29, 1.82) is 0 Å². The van der Waals surface area contributed by atoms with Crippen LogP contribution in [0.2, 0.25) is 10.0 Å². The van der Waals surface area contributed by atoms with Crippen LogP contribution >= 0.6 is 23.2 Å². The van der Waals surface area contributed by atoms with E-state index in [0.717, 1.165) is 25.9 Å². The van der Waals surface area contributed by atoms with Crippen molar-refractivity contribution in [2.24, 2.45) is 0 Å². The van der Waals surface area contributed by atoms with Crippen molar-refractivity contribution in [3.8, 4) is 0 Å². The molecule has 3 heterocycles. The van der Waals surface area contributed by atoms with Crippen LogP contribution in [0.25, 0.3) is 0 Å². The Labute approximate surface area is 160 Å². The first-order valence-electron chi connectivity index (χ1n) is 8.67. The van der Waals surface area contributed by atoms with Gasteiger partial charge < -0.3 is 10.2 Å². The van der Waals surface area contributed by atoms with Crippen molar-refractivity contribution in [1.82, 2.24) is 9.97 Å². The standard InChI is InChI=1S/C18H18Cl2N4O2/c19-10-4-5-11(13(20)8-10)12-9-14(25)21-16-15(12)17(26)23-18(22-16)24-6-2-1-3-7-24/h4-5,8,12H,1-3,6-7,9H2,(H2,21,22,23,25,26). The summed E-state index contributed by atoms with van der Waals surface area (Å²) in [7, 11) is 0. The maximum atomic E-state index is 12.9. The summed E-state index contributed by atoms with van der Waals surface area (Å²) in [5, 5.41) is 3.68. The van der Waals surface area contributed by atoms with E-state index >= 15 is 0 Å². The van der Waals surface area contributed by atoms with E-state index in [1.807, 2.05) is 0 Å². The molecule has 2 aliphatic rings. The second kappa shape index (κ2) is 6.93. The molecule has 136 valence electrons. The number of carbonyl (C=O) groups is 1. The number of piperidine rings is 1. The third kappa shape index (κ3) is 3.19. The number of nitrogens with one attached hydrogen (secondary N) is 2. The number of halogens is 2. The van der Waals surface area contributed by atoms with Gasteiger partial charge in [-0.25, -0.2) is 0 Å². The molecule has 0 aliphatic carbocycles. The number of H-pyrrole nitrogens is 1. The van der Waals surface area contributed by atoms with Crippen molar-refractivity contribution >= 4 is 40.9 Å². The number of fused-ring (bicyclic) bond motifs is 1. The lowest BCUT2D eigenvalue weighted by atomic mass is 9.87. The molecule has 0 radical (unpaired) electrons. The highest BCUT2D eigenvalue weighted by molar-refractivity contribution is 6.35. The second-order valence-corrected chi connectivity index (χ2v) is 7.51. The van der Waals surface area contributed by atoms with Gasteiger partial charge in [0, 0.05) is 35.5 Å². The predicted octanol–water partition coefficient (Wildman–Crippen LogP) is 3.54. The van der Waals surface area contributed by atoms with E-state index in [-0.39, 0.29) is 17.9 Å². The zero-order valence-corrected chi connectivity index (χ0v) is 15.5. The quantitative estimate of drug-likeness (QED) is 0.818. The maximum absolute atomic E-state index is 12.9. The van der Waals surface area contributed by atoms with E-state index in [1.165, 1.54) is 6.42 Å². The van der Waals surface area contributed by atoms with Crippen LogP contribution in [-0.2, 0) is 4.79 Å². The summed E-state index contributed by atoms with van der Waals surface area (Å²) in [6.07, 6.45) is 3.45. The Morgan fingerprint density at radius 3 is 2.62 bits per heavy atom. The molecule has 1 aromatic heterocycles. The van der Waals surface area contributed by atoms with Crippen LogP contribution in [0.4, 0.5) is 11.8 Å². The third-order valence-electron chi connectivity index (χ3n) is 4.93. The molecular weight excluding hydrogens is 375 g/mol. The molecule has 1 fully saturated rings. The van der Waals surface area contributed by atoms with Gasteiger partial charge in [-0.1, -0.05) is 29.3 Å². The first kappa shape index (κ1) is 17.4. The fourth-order valence-electron chi connectivity index (χ4n) is 3.66. The molecule has 1 amide bonds. The van der Waals surface area contributed by atoms with E-state index < -0.39 is 5.92 Å². The van der Waals surface area contributed by atoms with E-state index in [1.54, 1.807) is 18.2 Å².